The predicted octanol–water partition coefficient (Wildman–Crippen LogP) is 3.39. The molecule has 2 aromatic rings. The summed E-state index contributed by atoms with van der Waals surface area (Å²) in [6, 6.07) is 8.56. The normalized spacial score (nSPS) is 12.9. The Morgan fingerprint density at radius 3 is 2.62 bits per heavy atom. The second kappa shape index (κ2) is 6.53. The molecule has 24 heavy (non-hydrogen) atoms. The highest BCUT2D eigenvalue weighted by Crippen LogP contribution is 2.35. The summed E-state index contributed by atoms with van der Waals surface area (Å²) in [4.78, 5) is 23.3. The zero-order chi connectivity index (χ0) is 17.3. The maximum absolute atomic E-state index is 11.7. The number of benzene rings is 2. The Labute approximate surface area is 144 Å². The molecule has 0 spiro atoms. The van der Waals surface area contributed by atoms with Crippen LogP contribution < -0.4 is 10.1 Å². The van der Waals surface area contributed by atoms with E-state index in [-0.39, 0.29) is 11.5 Å². The fourth-order valence-corrected chi connectivity index (χ4v) is 3.09. The van der Waals surface area contributed by atoms with Gasteiger partial charge in [-0.05, 0) is 53.8 Å². The summed E-state index contributed by atoms with van der Waals surface area (Å²) in [7, 11) is 1.54. The van der Waals surface area contributed by atoms with Crippen LogP contribution in [0.15, 0.2) is 30.3 Å². The molecule has 124 valence electrons. The molecule has 0 radical (unpaired) electrons. The fourth-order valence-electron chi connectivity index (χ4n) is 2.82. The van der Waals surface area contributed by atoms with Gasteiger partial charge in [0, 0.05) is 7.05 Å². The van der Waals surface area contributed by atoms with Crippen LogP contribution in [0, 0.1) is 0 Å². The number of halogens is 1. The standard InChI is InChI=1S/C18H16ClNO4/c1-20-17(21)13-5-4-10(9-15(13)19)12-7-11-3-2-6-24-16(11)14(8-12)18(22)23/h4-5,7-9H,2-3,6H2,1H3,(H,20,21)(H,22,23). The largest absolute Gasteiger partial charge is 0.492 e. The number of carbonyl (C=O) groups excluding carboxylic acids is 1. The maximum atomic E-state index is 11.7. The van der Waals surface area contributed by atoms with Crippen molar-refractivity contribution in [3.8, 4) is 16.9 Å². The molecule has 0 fully saturated rings. The molecule has 1 aliphatic rings. The number of nitrogens with one attached hydrogen (secondary N) is 1. The predicted molar refractivity (Wildman–Crippen MR) is 91.1 cm³/mol. The van der Waals surface area contributed by atoms with E-state index in [9.17, 15) is 14.7 Å². The Morgan fingerprint density at radius 2 is 1.96 bits per heavy atom. The third-order valence-corrected chi connectivity index (χ3v) is 4.32. The van der Waals surface area contributed by atoms with Crippen molar-refractivity contribution in [2.45, 2.75) is 12.8 Å². The number of rotatable bonds is 3. The van der Waals surface area contributed by atoms with Gasteiger partial charge in [-0.25, -0.2) is 4.79 Å². The first kappa shape index (κ1) is 16.3. The summed E-state index contributed by atoms with van der Waals surface area (Å²) in [5.41, 5.74) is 2.89. The van der Waals surface area contributed by atoms with E-state index in [1.54, 1.807) is 24.3 Å². The SMILES string of the molecule is CNC(=O)c1ccc(-c2cc3c(c(C(=O)O)c2)OCCC3)cc1Cl. The lowest BCUT2D eigenvalue weighted by molar-refractivity contribution is 0.0691. The van der Waals surface area contributed by atoms with Gasteiger partial charge in [-0.1, -0.05) is 17.7 Å². The van der Waals surface area contributed by atoms with Crippen LogP contribution in [0.2, 0.25) is 5.02 Å². The third kappa shape index (κ3) is 2.95. The molecule has 0 aliphatic carbocycles. The fraction of sp³-hybridized carbons (Fsp3) is 0.222. The molecule has 0 bridgehead atoms. The molecule has 0 saturated heterocycles. The van der Waals surface area contributed by atoms with E-state index < -0.39 is 5.97 Å². The van der Waals surface area contributed by atoms with Crippen molar-refractivity contribution < 1.29 is 19.4 Å². The number of aryl methyl sites for hydroxylation is 1. The Kier molecular flexibility index (Phi) is 4.44. The summed E-state index contributed by atoms with van der Waals surface area (Å²) in [6.07, 6.45) is 1.62. The Bertz CT molecular complexity index is 832. The van der Waals surface area contributed by atoms with Gasteiger partial charge in [0.15, 0.2) is 0 Å². The molecule has 5 nitrogen and oxygen atoms in total. The Hall–Kier alpha value is -2.53. The molecule has 0 aromatic heterocycles. The van der Waals surface area contributed by atoms with Crippen LogP contribution in [0.1, 0.15) is 32.7 Å². The lowest BCUT2D eigenvalue weighted by atomic mass is 9.94. The minimum atomic E-state index is -1.02. The summed E-state index contributed by atoms with van der Waals surface area (Å²) < 4.78 is 5.54. The van der Waals surface area contributed by atoms with Gasteiger partial charge in [0.25, 0.3) is 5.91 Å². The van der Waals surface area contributed by atoms with Gasteiger partial charge >= 0.3 is 5.97 Å². The lowest BCUT2D eigenvalue weighted by Gasteiger charge is -2.20. The molecule has 0 unspecified atom stereocenters. The second-order valence-electron chi connectivity index (χ2n) is 5.54. The van der Waals surface area contributed by atoms with Gasteiger partial charge in [0.1, 0.15) is 11.3 Å². The molecule has 2 N–H and O–H groups in total. The lowest BCUT2D eigenvalue weighted by Crippen LogP contribution is -2.18. The van der Waals surface area contributed by atoms with Crippen molar-refractivity contribution in [3.05, 3.63) is 52.0 Å². The molecule has 0 atom stereocenters. The van der Waals surface area contributed by atoms with Crippen molar-refractivity contribution in [2.24, 2.45) is 0 Å². The van der Waals surface area contributed by atoms with Crippen LogP contribution >= 0.6 is 11.6 Å². The van der Waals surface area contributed by atoms with E-state index >= 15 is 0 Å². The van der Waals surface area contributed by atoms with E-state index in [1.807, 2.05) is 6.07 Å². The first-order valence-electron chi connectivity index (χ1n) is 7.56. The summed E-state index contributed by atoms with van der Waals surface area (Å²) in [6.45, 7) is 0.527. The average molecular weight is 346 g/mol. The summed E-state index contributed by atoms with van der Waals surface area (Å²) in [5.74, 6) is -0.842. The van der Waals surface area contributed by atoms with Gasteiger partial charge in [-0.2, -0.15) is 0 Å². The Morgan fingerprint density at radius 1 is 1.17 bits per heavy atom. The number of ether oxygens (including phenoxy) is 1. The van der Waals surface area contributed by atoms with Gasteiger partial charge in [0.05, 0.1) is 17.2 Å². The quantitative estimate of drug-likeness (QED) is 0.894. The van der Waals surface area contributed by atoms with Crippen LogP contribution in [-0.2, 0) is 6.42 Å². The topological polar surface area (TPSA) is 75.6 Å². The van der Waals surface area contributed by atoms with Crippen LogP contribution in [0.5, 0.6) is 5.75 Å². The number of hydrogen-bond donors (Lipinski definition) is 2. The molecule has 1 heterocycles. The van der Waals surface area contributed by atoms with Gasteiger partial charge in [-0.3, -0.25) is 4.79 Å². The first-order valence-corrected chi connectivity index (χ1v) is 7.94. The summed E-state index contributed by atoms with van der Waals surface area (Å²) >= 11 is 6.20. The van der Waals surface area contributed by atoms with Crippen molar-refractivity contribution in [1.29, 1.82) is 0 Å². The van der Waals surface area contributed by atoms with E-state index in [1.165, 1.54) is 7.05 Å². The van der Waals surface area contributed by atoms with Crippen LogP contribution in [0.25, 0.3) is 11.1 Å². The molecular formula is C18H16ClNO4. The number of carboxylic acids is 1. The van der Waals surface area contributed by atoms with Gasteiger partial charge < -0.3 is 15.2 Å². The van der Waals surface area contributed by atoms with Crippen molar-refractivity contribution in [3.63, 3.8) is 0 Å². The first-order chi connectivity index (χ1) is 11.5. The third-order valence-electron chi connectivity index (χ3n) is 4.01. The number of hydrogen-bond acceptors (Lipinski definition) is 3. The smallest absolute Gasteiger partial charge is 0.339 e. The second-order valence-corrected chi connectivity index (χ2v) is 5.95. The van der Waals surface area contributed by atoms with E-state index in [0.29, 0.717) is 22.9 Å². The zero-order valence-electron chi connectivity index (χ0n) is 13.1. The molecular weight excluding hydrogens is 330 g/mol. The van der Waals surface area contributed by atoms with Gasteiger partial charge in [0.2, 0.25) is 0 Å². The number of aromatic carboxylic acids is 1. The molecule has 2 aromatic carbocycles. The minimum Gasteiger partial charge on any atom is -0.492 e. The van der Waals surface area contributed by atoms with E-state index in [2.05, 4.69) is 5.32 Å². The molecule has 0 saturated carbocycles. The maximum Gasteiger partial charge on any atom is 0.339 e. The summed E-state index contributed by atoms with van der Waals surface area (Å²) in [5, 5.41) is 12.3. The number of fused-ring (bicyclic) bond motifs is 1. The van der Waals surface area contributed by atoms with Crippen molar-refractivity contribution >= 4 is 23.5 Å². The highest BCUT2D eigenvalue weighted by atomic mass is 35.5. The number of amides is 1. The highest BCUT2D eigenvalue weighted by molar-refractivity contribution is 6.34. The van der Waals surface area contributed by atoms with Crippen LogP contribution in [0.3, 0.4) is 0 Å². The minimum absolute atomic E-state index is 0.147. The number of carboxylic acid groups (broad SMARTS) is 1. The number of carbonyl (C=O) groups is 2. The molecule has 1 amide bonds. The molecule has 1 aliphatic heterocycles. The van der Waals surface area contributed by atoms with E-state index in [0.717, 1.165) is 29.5 Å². The zero-order valence-corrected chi connectivity index (χ0v) is 13.8. The van der Waals surface area contributed by atoms with Crippen LogP contribution in [0.4, 0.5) is 0 Å². The van der Waals surface area contributed by atoms with Crippen LogP contribution in [-0.4, -0.2) is 30.6 Å². The van der Waals surface area contributed by atoms with Gasteiger partial charge in [-0.15, -0.1) is 0 Å². The van der Waals surface area contributed by atoms with Crippen molar-refractivity contribution in [1.82, 2.24) is 5.32 Å². The van der Waals surface area contributed by atoms with Crippen molar-refractivity contribution in [2.75, 3.05) is 13.7 Å². The monoisotopic (exact) mass is 345 g/mol. The Balaban J connectivity index is 2.09. The molecule has 6 heteroatoms. The van der Waals surface area contributed by atoms with E-state index in [4.69, 9.17) is 16.3 Å². The average Bonchev–Trinajstić information content (AvgIpc) is 2.59. The highest BCUT2D eigenvalue weighted by Gasteiger charge is 2.21. The molecule has 3 rings (SSSR count).